The van der Waals surface area contributed by atoms with Gasteiger partial charge in [-0.05, 0) is 29.7 Å². The minimum atomic E-state index is -4.38. The molecule has 0 radical (unpaired) electrons. The van der Waals surface area contributed by atoms with Crippen molar-refractivity contribution >= 4 is 5.97 Å². The van der Waals surface area contributed by atoms with Gasteiger partial charge in [-0.3, -0.25) is 4.79 Å². The Kier molecular flexibility index (Phi) is 3.66. The molecule has 5 heteroatoms. The van der Waals surface area contributed by atoms with E-state index in [2.05, 4.69) is 0 Å². The van der Waals surface area contributed by atoms with Gasteiger partial charge >= 0.3 is 12.1 Å². The molecule has 2 aromatic rings. The van der Waals surface area contributed by atoms with Crippen molar-refractivity contribution in [2.45, 2.75) is 31.0 Å². The molecule has 0 bridgehead atoms. The van der Waals surface area contributed by atoms with Crippen molar-refractivity contribution in [2.24, 2.45) is 0 Å². The van der Waals surface area contributed by atoms with Crippen LogP contribution in [0.15, 0.2) is 54.6 Å². The predicted octanol–water partition coefficient (Wildman–Crippen LogP) is 4.65. The first-order valence-corrected chi connectivity index (χ1v) is 7.33. The van der Waals surface area contributed by atoms with Gasteiger partial charge < -0.3 is 4.74 Å². The number of benzene rings is 2. The molecule has 23 heavy (non-hydrogen) atoms. The van der Waals surface area contributed by atoms with E-state index in [-0.39, 0.29) is 5.97 Å². The first-order valence-electron chi connectivity index (χ1n) is 7.33. The van der Waals surface area contributed by atoms with Crippen molar-refractivity contribution in [2.75, 3.05) is 0 Å². The van der Waals surface area contributed by atoms with Crippen LogP contribution in [0.5, 0.6) is 0 Å². The van der Waals surface area contributed by atoms with E-state index in [0.717, 1.165) is 17.7 Å². The molecule has 0 unspecified atom stereocenters. The van der Waals surface area contributed by atoms with Crippen molar-refractivity contribution < 1.29 is 22.7 Å². The molecule has 120 valence electrons. The summed E-state index contributed by atoms with van der Waals surface area (Å²) in [5.74, 6) is -0.337. The zero-order valence-electron chi connectivity index (χ0n) is 12.4. The lowest BCUT2D eigenvalue weighted by atomic mass is 9.67. The summed E-state index contributed by atoms with van der Waals surface area (Å²) >= 11 is 0. The van der Waals surface area contributed by atoms with E-state index >= 15 is 0 Å². The van der Waals surface area contributed by atoms with Crippen molar-refractivity contribution in [1.29, 1.82) is 0 Å². The number of hydrogen-bond donors (Lipinski definition) is 0. The smallest absolute Gasteiger partial charge is 0.416 e. The topological polar surface area (TPSA) is 26.3 Å². The van der Waals surface area contributed by atoms with E-state index < -0.39 is 23.3 Å². The summed E-state index contributed by atoms with van der Waals surface area (Å²) in [5.41, 5.74) is -0.151. The van der Waals surface area contributed by atoms with E-state index in [1.807, 2.05) is 37.3 Å². The van der Waals surface area contributed by atoms with Gasteiger partial charge in [0, 0.05) is 0 Å². The number of rotatable bonds is 3. The third-order valence-corrected chi connectivity index (χ3v) is 4.42. The molecule has 0 N–H and O–H groups in total. The quantitative estimate of drug-likeness (QED) is 0.769. The Morgan fingerprint density at radius 1 is 1.04 bits per heavy atom. The van der Waals surface area contributed by atoms with Crippen molar-refractivity contribution in [3.63, 3.8) is 0 Å². The fraction of sp³-hybridized carbons (Fsp3) is 0.278. The van der Waals surface area contributed by atoms with Gasteiger partial charge in [-0.25, -0.2) is 0 Å². The van der Waals surface area contributed by atoms with E-state index in [1.54, 1.807) is 0 Å². The minimum Gasteiger partial charge on any atom is -0.455 e. The standard InChI is InChI=1S/C18H15F3O2/c1-2-17(13-6-4-3-5-7-13)15(23-16(17)22)12-8-10-14(11-9-12)18(19,20)21/h3-11,15H,2H2,1H3/t15-,17+/m1/s1. The highest BCUT2D eigenvalue weighted by molar-refractivity contribution is 5.90. The summed E-state index contributed by atoms with van der Waals surface area (Å²) in [5, 5.41) is 0. The lowest BCUT2D eigenvalue weighted by molar-refractivity contribution is -0.193. The molecule has 2 atom stereocenters. The number of cyclic esters (lactones) is 1. The minimum absolute atomic E-state index is 0.337. The molecule has 2 nitrogen and oxygen atoms in total. The maximum atomic E-state index is 12.7. The van der Waals surface area contributed by atoms with Gasteiger partial charge in [0.2, 0.25) is 0 Å². The zero-order chi connectivity index (χ0) is 16.7. The van der Waals surface area contributed by atoms with Gasteiger partial charge in [-0.15, -0.1) is 0 Å². The molecule has 1 saturated heterocycles. The maximum absolute atomic E-state index is 12.7. The molecule has 0 aromatic heterocycles. The van der Waals surface area contributed by atoms with Crippen LogP contribution in [0.1, 0.15) is 36.1 Å². The summed E-state index contributed by atoms with van der Waals surface area (Å²) in [6.07, 6.45) is -4.43. The van der Waals surface area contributed by atoms with Crippen LogP contribution in [-0.2, 0) is 21.1 Å². The predicted molar refractivity (Wildman–Crippen MR) is 78.7 cm³/mol. The molecule has 0 aliphatic carbocycles. The third-order valence-electron chi connectivity index (χ3n) is 4.42. The summed E-state index contributed by atoms with van der Waals surface area (Å²) in [7, 11) is 0. The Labute approximate surface area is 131 Å². The number of alkyl halides is 3. The molecular weight excluding hydrogens is 305 g/mol. The number of halogens is 3. The van der Waals surface area contributed by atoms with Crippen LogP contribution in [0.3, 0.4) is 0 Å². The summed E-state index contributed by atoms with van der Waals surface area (Å²) in [6, 6.07) is 14.0. The van der Waals surface area contributed by atoms with Gasteiger partial charge in [0.1, 0.15) is 11.5 Å². The van der Waals surface area contributed by atoms with Crippen LogP contribution in [-0.4, -0.2) is 5.97 Å². The van der Waals surface area contributed by atoms with Gasteiger partial charge in [0.05, 0.1) is 5.56 Å². The van der Waals surface area contributed by atoms with Crippen LogP contribution in [0.4, 0.5) is 13.2 Å². The molecule has 2 aromatic carbocycles. The molecular formula is C18H15F3O2. The van der Waals surface area contributed by atoms with Crippen LogP contribution >= 0.6 is 0 Å². The Bertz CT molecular complexity index is 707. The number of carbonyl (C=O) groups is 1. The number of carbonyl (C=O) groups excluding carboxylic acids is 1. The average Bonchev–Trinajstić information content (AvgIpc) is 2.54. The fourth-order valence-corrected chi connectivity index (χ4v) is 3.10. The van der Waals surface area contributed by atoms with Gasteiger partial charge in [0.15, 0.2) is 0 Å². The Balaban J connectivity index is 1.98. The summed E-state index contributed by atoms with van der Waals surface area (Å²) < 4.78 is 43.3. The molecule has 1 fully saturated rings. The van der Waals surface area contributed by atoms with Gasteiger partial charge in [-0.2, -0.15) is 13.2 Å². The largest absolute Gasteiger partial charge is 0.455 e. The van der Waals surface area contributed by atoms with E-state index in [1.165, 1.54) is 12.1 Å². The molecule has 0 saturated carbocycles. The van der Waals surface area contributed by atoms with Crippen molar-refractivity contribution in [3.05, 3.63) is 71.3 Å². The van der Waals surface area contributed by atoms with Crippen LogP contribution in [0.2, 0.25) is 0 Å². The molecule has 1 heterocycles. The monoisotopic (exact) mass is 320 g/mol. The highest BCUT2D eigenvalue weighted by Crippen LogP contribution is 2.51. The van der Waals surface area contributed by atoms with Gasteiger partial charge in [-0.1, -0.05) is 49.4 Å². The molecule has 1 aliphatic rings. The highest BCUT2D eigenvalue weighted by Gasteiger charge is 2.58. The molecule has 1 aliphatic heterocycles. The Morgan fingerprint density at radius 3 is 2.13 bits per heavy atom. The third kappa shape index (κ3) is 2.40. The lowest BCUT2D eigenvalue weighted by Gasteiger charge is -2.47. The molecule has 0 spiro atoms. The summed E-state index contributed by atoms with van der Waals surface area (Å²) in [4.78, 5) is 12.2. The first-order chi connectivity index (χ1) is 10.9. The lowest BCUT2D eigenvalue weighted by Crippen LogP contribution is -2.54. The highest BCUT2D eigenvalue weighted by atomic mass is 19.4. The zero-order valence-corrected chi connectivity index (χ0v) is 12.4. The van der Waals surface area contributed by atoms with E-state index in [9.17, 15) is 18.0 Å². The SMILES string of the molecule is CC[C@@]1(c2ccccc2)C(=O)O[C@@H]1c1ccc(C(F)(F)F)cc1. The molecule has 0 amide bonds. The van der Waals surface area contributed by atoms with Crippen LogP contribution in [0.25, 0.3) is 0 Å². The van der Waals surface area contributed by atoms with Crippen LogP contribution in [0, 0.1) is 0 Å². The van der Waals surface area contributed by atoms with Crippen molar-refractivity contribution in [1.82, 2.24) is 0 Å². The first kappa shape index (κ1) is 15.6. The van der Waals surface area contributed by atoms with Gasteiger partial charge in [0.25, 0.3) is 0 Å². The van der Waals surface area contributed by atoms with Crippen LogP contribution < -0.4 is 0 Å². The second-order valence-corrected chi connectivity index (χ2v) is 5.60. The Morgan fingerprint density at radius 2 is 1.65 bits per heavy atom. The average molecular weight is 320 g/mol. The van der Waals surface area contributed by atoms with Crippen molar-refractivity contribution in [3.8, 4) is 0 Å². The maximum Gasteiger partial charge on any atom is 0.416 e. The number of ether oxygens (including phenoxy) is 1. The van der Waals surface area contributed by atoms with E-state index in [4.69, 9.17) is 4.74 Å². The number of hydrogen-bond acceptors (Lipinski definition) is 2. The summed E-state index contributed by atoms with van der Waals surface area (Å²) in [6.45, 7) is 1.88. The second-order valence-electron chi connectivity index (χ2n) is 5.60. The van der Waals surface area contributed by atoms with E-state index in [0.29, 0.717) is 12.0 Å². The fourth-order valence-electron chi connectivity index (χ4n) is 3.10. The normalized spacial score (nSPS) is 24.0. The number of esters is 1. The molecule has 3 rings (SSSR count). The Hall–Kier alpha value is -2.30. The second kappa shape index (κ2) is 5.41.